The topological polar surface area (TPSA) is 50.4 Å². The number of hydrogen-bond acceptors (Lipinski definition) is 3. The summed E-state index contributed by atoms with van der Waals surface area (Å²) < 4.78 is 31.7. The molecule has 1 saturated heterocycles. The van der Waals surface area contributed by atoms with Gasteiger partial charge in [0.05, 0.1) is 18.6 Å². The van der Waals surface area contributed by atoms with Gasteiger partial charge in [0.2, 0.25) is 5.91 Å². The molecule has 7 heteroatoms. The molecule has 2 heterocycles. The summed E-state index contributed by atoms with van der Waals surface area (Å²) >= 11 is 0. The molecule has 2 aliphatic rings. The predicted octanol–water partition coefficient (Wildman–Crippen LogP) is 1.53. The number of ether oxygens (including phenoxy) is 1. The molecule has 1 aromatic rings. The molecule has 2 atom stereocenters. The first-order chi connectivity index (χ1) is 9.53. The molecule has 116 valence electrons. The second-order valence-electron chi connectivity index (χ2n) is 5.32. The maximum atomic E-state index is 13.1. The molecule has 0 aromatic heterocycles. The van der Waals surface area contributed by atoms with Gasteiger partial charge < -0.3 is 10.1 Å². The Kier molecular flexibility index (Phi) is 4.68. The van der Waals surface area contributed by atoms with E-state index in [4.69, 9.17) is 4.74 Å². The number of benzene rings is 1. The van der Waals surface area contributed by atoms with Crippen molar-refractivity contribution in [3.63, 3.8) is 0 Å². The number of halogens is 3. The first-order valence-corrected chi connectivity index (χ1v) is 6.66. The Balaban J connectivity index is 0.00000161. The molecule has 1 aromatic carbocycles. The molecule has 21 heavy (non-hydrogen) atoms. The van der Waals surface area contributed by atoms with Gasteiger partial charge in [0.15, 0.2) is 0 Å². The second kappa shape index (κ2) is 6.15. The van der Waals surface area contributed by atoms with Crippen LogP contribution in [0.5, 0.6) is 5.75 Å². The van der Waals surface area contributed by atoms with E-state index in [0.717, 1.165) is 11.3 Å². The number of nitrogens with one attached hydrogen (secondary N) is 2. The zero-order chi connectivity index (χ0) is 14.2. The lowest BCUT2D eigenvalue weighted by Crippen LogP contribution is -2.49. The molecule has 3 rings (SSSR count). The first-order valence-electron chi connectivity index (χ1n) is 6.66. The van der Waals surface area contributed by atoms with Crippen molar-refractivity contribution >= 4 is 18.3 Å². The Morgan fingerprint density at radius 1 is 1.38 bits per heavy atom. The third-order valence-electron chi connectivity index (χ3n) is 3.65. The molecule has 0 aliphatic carbocycles. The van der Waals surface area contributed by atoms with Gasteiger partial charge in [-0.25, -0.2) is 8.78 Å². The summed E-state index contributed by atoms with van der Waals surface area (Å²) in [5, 5.41) is 5.33. The summed E-state index contributed by atoms with van der Waals surface area (Å²) in [6.07, 6.45) is 0.216. The van der Waals surface area contributed by atoms with Crippen LogP contribution in [0.25, 0.3) is 0 Å². The molecule has 2 aliphatic heterocycles. The van der Waals surface area contributed by atoms with Gasteiger partial charge in [-0.3, -0.25) is 10.1 Å². The number of carbonyl (C=O) groups is 1. The van der Waals surface area contributed by atoms with Gasteiger partial charge in [0.25, 0.3) is 5.92 Å². The third kappa shape index (κ3) is 3.63. The van der Waals surface area contributed by atoms with Gasteiger partial charge in [-0.15, -0.1) is 12.4 Å². The molecule has 2 N–H and O–H groups in total. The van der Waals surface area contributed by atoms with Gasteiger partial charge in [0, 0.05) is 6.42 Å². The van der Waals surface area contributed by atoms with Crippen molar-refractivity contribution in [1.29, 1.82) is 0 Å². The van der Waals surface area contributed by atoms with Crippen molar-refractivity contribution < 1.29 is 18.3 Å². The maximum absolute atomic E-state index is 13.1. The quantitative estimate of drug-likeness (QED) is 0.869. The van der Waals surface area contributed by atoms with Crippen LogP contribution in [0.2, 0.25) is 0 Å². The standard InChI is InChI=1S/C14H16F2N2O2.ClH/c15-14(16)6-11(17-8-14)13(19)18-10-5-9-3-1-2-4-12(9)20-7-10;/h1-4,10-11,17H,5-8H2,(H,18,19);1H. The monoisotopic (exact) mass is 318 g/mol. The van der Waals surface area contributed by atoms with Crippen LogP contribution in [-0.4, -0.2) is 37.1 Å². The van der Waals surface area contributed by atoms with Crippen LogP contribution in [0.3, 0.4) is 0 Å². The van der Waals surface area contributed by atoms with Gasteiger partial charge >= 0.3 is 0 Å². The summed E-state index contributed by atoms with van der Waals surface area (Å²) in [6, 6.07) is 6.63. The van der Waals surface area contributed by atoms with E-state index in [-0.39, 0.29) is 24.4 Å². The zero-order valence-corrected chi connectivity index (χ0v) is 12.1. The van der Waals surface area contributed by atoms with Crippen molar-refractivity contribution in [1.82, 2.24) is 10.6 Å². The summed E-state index contributed by atoms with van der Waals surface area (Å²) in [5.41, 5.74) is 1.02. The molecular weight excluding hydrogens is 302 g/mol. The molecule has 2 unspecified atom stereocenters. The number of fused-ring (bicyclic) bond motifs is 1. The Hall–Kier alpha value is -1.40. The van der Waals surface area contributed by atoms with E-state index in [0.29, 0.717) is 13.0 Å². The highest BCUT2D eigenvalue weighted by Gasteiger charge is 2.42. The minimum atomic E-state index is -2.79. The minimum Gasteiger partial charge on any atom is -0.491 e. The highest BCUT2D eigenvalue weighted by atomic mass is 35.5. The lowest BCUT2D eigenvalue weighted by molar-refractivity contribution is -0.124. The average Bonchev–Trinajstić information content (AvgIpc) is 2.79. The fourth-order valence-corrected chi connectivity index (χ4v) is 2.62. The normalized spacial score (nSPS) is 26.2. The highest BCUT2D eigenvalue weighted by Crippen LogP contribution is 2.26. The van der Waals surface area contributed by atoms with Gasteiger partial charge in [-0.2, -0.15) is 0 Å². The third-order valence-corrected chi connectivity index (χ3v) is 3.65. The molecule has 1 amide bonds. The zero-order valence-electron chi connectivity index (χ0n) is 11.3. The van der Waals surface area contributed by atoms with Gasteiger partial charge in [-0.05, 0) is 18.1 Å². The number of alkyl halides is 2. The second-order valence-corrected chi connectivity index (χ2v) is 5.32. The van der Waals surface area contributed by atoms with Crippen molar-refractivity contribution in [3.8, 4) is 5.75 Å². The molecular formula is C14H17ClF2N2O2. The van der Waals surface area contributed by atoms with E-state index in [2.05, 4.69) is 10.6 Å². The Morgan fingerprint density at radius 2 is 2.14 bits per heavy atom. The van der Waals surface area contributed by atoms with Crippen LogP contribution in [0.15, 0.2) is 24.3 Å². The Bertz CT molecular complexity index is 527. The SMILES string of the molecule is Cl.O=C(NC1COc2ccccc2C1)C1CC(F)(F)CN1. The lowest BCUT2D eigenvalue weighted by atomic mass is 10.0. The average molecular weight is 319 g/mol. The van der Waals surface area contributed by atoms with Crippen LogP contribution in [0.4, 0.5) is 8.78 Å². The van der Waals surface area contributed by atoms with Crippen LogP contribution >= 0.6 is 12.4 Å². The number of hydrogen-bond donors (Lipinski definition) is 2. The lowest BCUT2D eigenvalue weighted by Gasteiger charge is -2.27. The Morgan fingerprint density at radius 3 is 2.86 bits per heavy atom. The summed E-state index contributed by atoms with van der Waals surface area (Å²) in [5.74, 6) is -2.35. The van der Waals surface area contributed by atoms with Crippen molar-refractivity contribution in [2.24, 2.45) is 0 Å². The van der Waals surface area contributed by atoms with Crippen molar-refractivity contribution in [3.05, 3.63) is 29.8 Å². The van der Waals surface area contributed by atoms with E-state index in [1.807, 2.05) is 24.3 Å². The minimum absolute atomic E-state index is 0. The van der Waals surface area contributed by atoms with Crippen LogP contribution in [-0.2, 0) is 11.2 Å². The predicted molar refractivity (Wildman–Crippen MR) is 76.2 cm³/mol. The summed E-state index contributed by atoms with van der Waals surface area (Å²) in [7, 11) is 0. The summed E-state index contributed by atoms with van der Waals surface area (Å²) in [6.45, 7) is -0.0685. The molecule has 4 nitrogen and oxygen atoms in total. The van der Waals surface area contributed by atoms with Crippen LogP contribution < -0.4 is 15.4 Å². The first kappa shape index (κ1) is 16.0. The van der Waals surface area contributed by atoms with E-state index >= 15 is 0 Å². The Labute approximate surface area is 127 Å². The van der Waals surface area contributed by atoms with E-state index in [9.17, 15) is 13.6 Å². The maximum Gasteiger partial charge on any atom is 0.262 e. The fraction of sp³-hybridized carbons (Fsp3) is 0.500. The number of para-hydroxylation sites is 1. The van der Waals surface area contributed by atoms with Crippen molar-refractivity contribution in [2.75, 3.05) is 13.2 Å². The molecule has 0 saturated carbocycles. The molecule has 1 fully saturated rings. The summed E-state index contributed by atoms with van der Waals surface area (Å²) in [4.78, 5) is 12.0. The van der Waals surface area contributed by atoms with Gasteiger partial charge in [-0.1, -0.05) is 18.2 Å². The molecule has 0 radical (unpaired) electrons. The largest absolute Gasteiger partial charge is 0.491 e. The number of carbonyl (C=O) groups excluding carboxylic acids is 1. The fourth-order valence-electron chi connectivity index (χ4n) is 2.62. The number of rotatable bonds is 2. The van der Waals surface area contributed by atoms with Crippen LogP contribution in [0, 0.1) is 0 Å². The molecule has 0 spiro atoms. The molecule has 0 bridgehead atoms. The van der Waals surface area contributed by atoms with E-state index < -0.39 is 24.9 Å². The highest BCUT2D eigenvalue weighted by molar-refractivity contribution is 5.85. The van der Waals surface area contributed by atoms with Gasteiger partial charge in [0.1, 0.15) is 12.4 Å². The van der Waals surface area contributed by atoms with E-state index in [1.165, 1.54) is 0 Å². The number of amides is 1. The van der Waals surface area contributed by atoms with E-state index in [1.54, 1.807) is 0 Å². The van der Waals surface area contributed by atoms with Crippen LogP contribution in [0.1, 0.15) is 12.0 Å². The van der Waals surface area contributed by atoms with Crippen molar-refractivity contribution in [2.45, 2.75) is 30.8 Å². The smallest absolute Gasteiger partial charge is 0.262 e.